The summed E-state index contributed by atoms with van der Waals surface area (Å²) in [6, 6.07) is 8.77. The van der Waals surface area contributed by atoms with Gasteiger partial charge in [0.1, 0.15) is 23.6 Å². The van der Waals surface area contributed by atoms with Crippen molar-refractivity contribution in [3.05, 3.63) is 81.1 Å². The number of anilines is 1. The van der Waals surface area contributed by atoms with Gasteiger partial charge in [-0.15, -0.1) is 0 Å². The average molecular weight is 782 g/mol. The van der Waals surface area contributed by atoms with E-state index in [-0.39, 0.29) is 45.7 Å². The number of hydrogen-bond acceptors (Lipinski definition) is 10. The molecule has 12 nitrogen and oxygen atoms in total. The number of ether oxygens (including phenoxy) is 4. The van der Waals surface area contributed by atoms with Crippen LogP contribution in [0.4, 0.5) is 14.5 Å². The second-order valence-corrected chi connectivity index (χ2v) is 14.6. The zero-order valence-corrected chi connectivity index (χ0v) is 30.4. The first-order valence-corrected chi connectivity index (χ1v) is 18.9. The van der Waals surface area contributed by atoms with Gasteiger partial charge in [0.05, 0.1) is 46.7 Å². The summed E-state index contributed by atoms with van der Waals surface area (Å²) in [6.07, 6.45) is 5.00. The number of rotatable bonds is 16. The molecule has 6 rings (SSSR count). The van der Waals surface area contributed by atoms with Crippen LogP contribution in [0.2, 0.25) is 10.0 Å². The molecule has 2 aliphatic heterocycles. The van der Waals surface area contributed by atoms with Gasteiger partial charge in [-0.25, -0.2) is 4.21 Å². The Morgan fingerprint density at radius 2 is 1.75 bits per heavy atom. The molecule has 0 N–H and O–H groups in total. The number of pyridine rings is 1. The molecule has 278 valence electrons. The Balaban J connectivity index is 1.21. The predicted molar refractivity (Wildman–Crippen MR) is 189 cm³/mol. The molecule has 0 radical (unpaired) electrons. The van der Waals surface area contributed by atoms with E-state index in [4.69, 9.17) is 37.4 Å². The molecular weight excluding hydrogens is 745 g/mol. The second kappa shape index (κ2) is 16.8. The molecule has 1 saturated heterocycles. The molecule has 52 heavy (non-hydrogen) atoms. The Bertz CT molecular complexity index is 1830. The van der Waals surface area contributed by atoms with Crippen LogP contribution >= 0.6 is 23.2 Å². The lowest BCUT2D eigenvalue weighted by Gasteiger charge is -2.29. The highest BCUT2D eigenvalue weighted by Gasteiger charge is 2.38. The number of alkyl halides is 2. The third-order valence-electron chi connectivity index (χ3n) is 8.91. The fourth-order valence-electron chi connectivity index (χ4n) is 5.93. The lowest BCUT2D eigenvalue weighted by Crippen LogP contribution is -2.41. The van der Waals surface area contributed by atoms with Crippen molar-refractivity contribution in [3.63, 3.8) is 0 Å². The van der Waals surface area contributed by atoms with Gasteiger partial charge in [0.25, 0.3) is 11.8 Å². The summed E-state index contributed by atoms with van der Waals surface area (Å²) in [7, 11) is -1.43. The average Bonchev–Trinajstić information content (AvgIpc) is 3.92. The molecule has 1 aliphatic carbocycles. The van der Waals surface area contributed by atoms with E-state index in [1.165, 1.54) is 49.0 Å². The largest absolute Gasteiger partial charge is 0.489 e. The van der Waals surface area contributed by atoms with Crippen LogP contribution < -0.4 is 13.8 Å². The number of morpholine rings is 1. The van der Waals surface area contributed by atoms with Gasteiger partial charge in [-0.2, -0.15) is 8.78 Å². The molecule has 2 unspecified atom stereocenters. The Morgan fingerprint density at radius 1 is 1.04 bits per heavy atom. The van der Waals surface area contributed by atoms with Gasteiger partial charge < -0.3 is 18.9 Å². The van der Waals surface area contributed by atoms with E-state index >= 15 is 0 Å². The zero-order valence-electron chi connectivity index (χ0n) is 28.1. The van der Waals surface area contributed by atoms with Gasteiger partial charge in [0, 0.05) is 51.2 Å². The Labute approximate surface area is 311 Å². The molecule has 2 amide bonds. The van der Waals surface area contributed by atoms with Crippen LogP contribution in [-0.2, 0) is 31.7 Å². The molecule has 2 fully saturated rings. The van der Waals surface area contributed by atoms with Crippen LogP contribution in [0, 0.1) is 5.92 Å². The van der Waals surface area contributed by atoms with Crippen molar-refractivity contribution in [3.8, 4) is 11.5 Å². The monoisotopic (exact) mass is 780 g/mol. The number of hydrogen-bond donors (Lipinski definition) is 0. The molecule has 0 bridgehead atoms. The molecule has 1 aromatic heterocycles. The summed E-state index contributed by atoms with van der Waals surface area (Å²) in [5.41, 5.74) is 1.38. The molecule has 3 aromatic rings. The van der Waals surface area contributed by atoms with E-state index < -0.39 is 48.0 Å². The summed E-state index contributed by atoms with van der Waals surface area (Å²) in [4.78, 5) is 47.5. The highest BCUT2D eigenvalue weighted by Crippen LogP contribution is 2.38. The van der Waals surface area contributed by atoms with Gasteiger partial charge in [0.15, 0.2) is 11.5 Å². The molecule has 3 heterocycles. The minimum atomic E-state index is -3.10. The first kappa shape index (κ1) is 37.9. The fourth-order valence-corrected chi connectivity index (χ4v) is 7.20. The zero-order chi connectivity index (χ0) is 36.9. The number of halogens is 4. The Hall–Kier alpha value is -3.89. The summed E-state index contributed by atoms with van der Waals surface area (Å²) in [5, 5.41) is 0.388. The number of benzene rings is 2. The molecular formula is C35H36Cl2F2N4O8S. The highest BCUT2D eigenvalue weighted by atomic mass is 35.5. The highest BCUT2D eigenvalue weighted by molar-refractivity contribution is 7.85. The molecule has 17 heteroatoms. The van der Waals surface area contributed by atoms with E-state index in [0.717, 1.165) is 30.8 Å². The number of carbonyl (C=O) groups is 3. The van der Waals surface area contributed by atoms with Crippen molar-refractivity contribution in [2.75, 3.05) is 63.1 Å². The van der Waals surface area contributed by atoms with Crippen LogP contribution in [0.5, 0.6) is 11.5 Å². The first-order valence-electron chi connectivity index (χ1n) is 16.6. The van der Waals surface area contributed by atoms with Crippen LogP contribution in [0.1, 0.15) is 50.8 Å². The molecule has 0 spiro atoms. The normalized spacial score (nSPS) is 17.2. The van der Waals surface area contributed by atoms with Crippen LogP contribution in [0.3, 0.4) is 0 Å². The SMILES string of the molecule is CS(=O)N(CCN1CCOCC1)c1ccc2c(c1)C(=O)N(CC(=O)OC(Cc1c(Cl)cncc1Cl)c1ccc(OC(F)F)c(OCC3CC3)c1)C2=O. The summed E-state index contributed by atoms with van der Waals surface area (Å²) in [6.45, 7) is 0.238. The van der Waals surface area contributed by atoms with Gasteiger partial charge in [-0.3, -0.25) is 33.5 Å². The predicted octanol–water partition coefficient (Wildman–Crippen LogP) is 5.33. The van der Waals surface area contributed by atoms with Crippen LogP contribution in [0.15, 0.2) is 48.8 Å². The number of carbonyl (C=O) groups excluding carboxylic acids is 3. The number of amides is 2. The van der Waals surface area contributed by atoms with Crippen molar-refractivity contribution in [2.45, 2.75) is 32.0 Å². The molecule has 2 aromatic carbocycles. The van der Waals surface area contributed by atoms with Crippen molar-refractivity contribution < 1.29 is 46.3 Å². The standard InChI is InChI=1S/C35H36Cl2F2N4O8S/c1-52(47)43(9-8-41-10-12-48-13-11-41)23-5-6-24-25(15-23)34(46)42(33(24)45)19-32(44)50-30(16-26-27(36)17-40-18-28(26)37)22-4-7-29(51-35(38)39)31(14-22)49-20-21-2-3-21/h4-7,14-15,17-18,21,30,35H,2-3,8-13,16,19-20H2,1H3. The second-order valence-electron chi connectivity index (χ2n) is 12.5. The van der Waals surface area contributed by atoms with E-state index in [0.29, 0.717) is 49.0 Å². The molecule has 3 aliphatic rings. The maximum Gasteiger partial charge on any atom is 0.387 e. The third-order valence-corrected chi connectivity index (χ3v) is 10.6. The summed E-state index contributed by atoms with van der Waals surface area (Å²) < 4.78 is 62.6. The summed E-state index contributed by atoms with van der Waals surface area (Å²) in [5.74, 6) is -2.21. The van der Waals surface area contributed by atoms with Gasteiger partial charge in [0.2, 0.25) is 0 Å². The smallest absolute Gasteiger partial charge is 0.387 e. The van der Waals surface area contributed by atoms with Crippen molar-refractivity contribution in [1.29, 1.82) is 0 Å². The van der Waals surface area contributed by atoms with Gasteiger partial charge >= 0.3 is 12.6 Å². The third kappa shape index (κ3) is 9.18. The number of fused-ring (bicyclic) bond motifs is 1. The van der Waals surface area contributed by atoms with E-state index in [2.05, 4.69) is 14.6 Å². The summed E-state index contributed by atoms with van der Waals surface area (Å²) >= 11 is 12.8. The van der Waals surface area contributed by atoms with Gasteiger partial charge in [-0.1, -0.05) is 29.3 Å². The lowest BCUT2D eigenvalue weighted by molar-refractivity contribution is -0.149. The quantitative estimate of drug-likeness (QED) is 0.139. The van der Waals surface area contributed by atoms with Crippen molar-refractivity contribution >= 4 is 57.7 Å². The first-order chi connectivity index (χ1) is 25.0. The maximum atomic E-state index is 13.6. The van der Waals surface area contributed by atoms with E-state index in [1.807, 2.05) is 0 Å². The van der Waals surface area contributed by atoms with Crippen molar-refractivity contribution in [1.82, 2.24) is 14.8 Å². The van der Waals surface area contributed by atoms with Gasteiger partial charge in [-0.05, 0) is 60.2 Å². The Morgan fingerprint density at radius 3 is 2.42 bits per heavy atom. The molecule has 1 saturated carbocycles. The Kier molecular flexibility index (Phi) is 12.3. The molecule has 2 atom stereocenters. The maximum absolute atomic E-state index is 13.6. The number of aromatic nitrogens is 1. The van der Waals surface area contributed by atoms with Crippen LogP contribution in [-0.4, -0.2) is 102 Å². The van der Waals surface area contributed by atoms with E-state index in [1.54, 1.807) is 10.4 Å². The lowest BCUT2D eigenvalue weighted by atomic mass is 10.0. The topological polar surface area (TPSA) is 128 Å². The minimum absolute atomic E-state index is 0.0285. The minimum Gasteiger partial charge on any atom is -0.489 e. The fraction of sp³-hybridized carbons (Fsp3) is 0.429. The number of esters is 1. The number of imide groups is 1. The number of nitrogens with zero attached hydrogens (tertiary/aromatic N) is 4. The van der Waals surface area contributed by atoms with Crippen molar-refractivity contribution in [2.24, 2.45) is 5.92 Å². The van der Waals surface area contributed by atoms with Crippen LogP contribution in [0.25, 0.3) is 0 Å². The van der Waals surface area contributed by atoms with E-state index in [9.17, 15) is 27.4 Å².